The lowest BCUT2D eigenvalue weighted by molar-refractivity contribution is 0.332. The monoisotopic (exact) mass is 204 g/mol. The summed E-state index contributed by atoms with van der Waals surface area (Å²) in [6, 6.07) is 7.72. The van der Waals surface area contributed by atoms with Gasteiger partial charge in [0, 0.05) is 0 Å². The van der Waals surface area contributed by atoms with E-state index >= 15 is 0 Å². The van der Waals surface area contributed by atoms with Gasteiger partial charge in [-0.3, -0.25) is 0 Å². The van der Waals surface area contributed by atoms with Crippen LogP contribution in [0.4, 0.5) is 0 Å². The second-order valence-electron chi connectivity index (χ2n) is 3.32. The highest BCUT2D eigenvalue weighted by Gasteiger charge is 1.93. The third-order valence-corrected chi connectivity index (χ3v) is 1.91. The van der Waals surface area contributed by atoms with Crippen molar-refractivity contribution in [3.8, 4) is 5.75 Å². The molecule has 0 aliphatic carbocycles. The van der Waals surface area contributed by atoms with Crippen LogP contribution in [0, 0.1) is 0 Å². The first-order valence-corrected chi connectivity index (χ1v) is 4.88. The Balaban J connectivity index is 2.67. The van der Waals surface area contributed by atoms with Gasteiger partial charge in [0.05, 0.1) is 6.61 Å². The molecular formula is C13H16O2. The van der Waals surface area contributed by atoms with Crippen LogP contribution in [0.1, 0.15) is 12.5 Å². The average molecular weight is 204 g/mol. The van der Waals surface area contributed by atoms with E-state index in [-0.39, 0.29) is 6.61 Å². The highest BCUT2D eigenvalue weighted by atomic mass is 16.5. The predicted molar refractivity (Wildman–Crippen MR) is 62.9 cm³/mol. The quantitative estimate of drug-likeness (QED) is 0.747. The molecule has 0 saturated carbocycles. The van der Waals surface area contributed by atoms with Crippen LogP contribution in [0.15, 0.2) is 42.5 Å². The van der Waals surface area contributed by atoms with Gasteiger partial charge < -0.3 is 9.84 Å². The molecule has 0 heterocycles. The molecule has 0 aromatic heterocycles. The number of benzene rings is 1. The Bertz CT molecular complexity index is 336. The van der Waals surface area contributed by atoms with E-state index in [0.29, 0.717) is 6.61 Å². The van der Waals surface area contributed by atoms with Crippen LogP contribution in [0.25, 0.3) is 6.08 Å². The molecule has 2 heteroatoms. The van der Waals surface area contributed by atoms with Gasteiger partial charge in [-0.2, -0.15) is 0 Å². The lowest BCUT2D eigenvalue weighted by Gasteiger charge is -2.03. The van der Waals surface area contributed by atoms with Gasteiger partial charge in [-0.15, -0.1) is 0 Å². The van der Waals surface area contributed by atoms with E-state index < -0.39 is 0 Å². The molecule has 0 amide bonds. The number of aliphatic hydroxyl groups is 1. The Morgan fingerprint density at radius 2 is 2.07 bits per heavy atom. The molecule has 0 radical (unpaired) electrons. The number of aliphatic hydroxyl groups excluding tert-OH is 1. The maximum atomic E-state index is 8.86. The highest BCUT2D eigenvalue weighted by Crippen LogP contribution is 2.14. The summed E-state index contributed by atoms with van der Waals surface area (Å²) in [6.45, 7) is 6.08. The second-order valence-corrected chi connectivity index (χ2v) is 3.32. The fourth-order valence-electron chi connectivity index (χ4n) is 1.15. The molecule has 0 saturated heterocycles. The van der Waals surface area contributed by atoms with Gasteiger partial charge in [0.25, 0.3) is 0 Å². The fraction of sp³-hybridized carbons (Fsp3) is 0.231. The third-order valence-electron chi connectivity index (χ3n) is 1.91. The van der Waals surface area contributed by atoms with Crippen molar-refractivity contribution < 1.29 is 9.84 Å². The topological polar surface area (TPSA) is 29.5 Å². The maximum Gasteiger partial charge on any atom is 0.119 e. The molecule has 80 valence electrons. The van der Waals surface area contributed by atoms with Crippen molar-refractivity contribution in [3.05, 3.63) is 48.1 Å². The van der Waals surface area contributed by atoms with E-state index in [1.165, 1.54) is 0 Å². The average Bonchev–Trinajstić information content (AvgIpc) is 2.28. The second kappa shape index (κ2) is 6.04. The van der Waals surface area contributed by atoms with Crippen molar-refractivity contribution in [2.45, 2.75) is 6.92 Å². The van der Waals surface area contributed by atoms with Crippen LogP contribution >= 0.6 is 0 Å². The van der Waals surface area contributed by atoms with Gasteiger partial charge in [0.15, 0.2) is 0 Å². The van der Waals surface area contributed by atoms with Crippen molar-refractivity contribution in [3.63, 3.8) is 0 Å². The number of hydrogen-bond donors (Lipinski definition) is 1. The Labute approximate surface area is 90.5 Å². The van der Waals surface area contributed by atoms with Crippen LogP contribution in [0.3, 0.4) is 0 Å². The van der Waals surface area contributed by atoms with Gasteiger partial charge in [-0.1, -0.05) is 30.9 Å². The van der Waals surface area contributed by atoms with E-state index in [9.17, 15) is 0 Å². The molecule has 0 aliphatic heterocycles. The first-order valence-electron chi connectivity index (χ1n) is 4.88. The van der Waals surface area contributed by atoms with Crippen LogP contribution < -0.4 is 4.74 Å². The summed E-state index contributed by atoms with van der Waals surface area (Å²) in [5, 5.41) is 8.86. The summed E-state index contributed by atoms with van der Waals surface area (Å²) in [4.78, 5) is 0. The Morgan fingerprint density at radius 3 is 2.60 bits per heavy atom. The fourth-order valence-corrected chi connectivity index (χ4v) is 1.15. The van der Waals surface area contributed by atoms with E-state index in [1.807, 2.05) is 37.3 Å². The summed E-state index contributed by atoms with van der Waals surface area (Å²) >= 11 is 0. The molecular weight excluding hydrogens is 188 g/mol. The lowest BCUT2D eigenvalue weighted by Crippen LogP contribution is -1.92. The molecule has 1 N–H and O–H groups in total. The van der Waals surface area contributed by atoms with Gasteiger partial charge >= 0.3 is 0 Å². The largest absolute Gasteiger partial charge is 0.490 e. The van der Waals surface area contributed by atoms with E-state index in [1.54, 1.807) is 6.08 Å². The summed E-state index contributed by atoms with van der Waals surface area (Å²) in [5.74, 6) is 0.828. The molecule has 1 aromatic carbocycles. The van der Waals surface area contributed by atoms with E-state index in [4.69, 9.17) is 9.84 Å². The normalized spacial score (nSPS) is 11.2. The number of rotatable bonds is 5. The van der Waals surface area contributed by atoms with Crippen molar-refractivity contribution in [2.75, 3.05) is 13.2 Å². The van der Waals surface area contributed by atoms with Crippen molar-refractivity contribution >= 4 is 6.08 Å². The Kier molecular flexibility index (Phi) is 4.64. The smallest absolute Gasteiger partial charge is 0.119 e. The van der Waals surface area contributed by atoms with Crippen molar-refractivity contribution in [1.82, 2.24) is 0 Å². The standard InChI is InChI=1S/C13H16O2/c1-3-8-15-13-6-4-12(5-7-13)9-11(2)10-14/h3-7,9,14H,1,8,10H2,2H3. The molecule has 0 bridgehead atoms. The molecule has 0 unspecified atom stereocenters. The number of ether oxygens (including phenoxy) is 1. The first kappa shape index (κ1) is 11.5. The minimum absolute atomic E-state index is 0.0920. The molecule has 0 aliphatic rings. The zero-order chi connectivity index (χ0) is 11.1. The molecule has 2 nitrogen and oxygen atoms in total. The third kappa shape index (κ3) is 4.00. The molecule has 1 rings (SSSR count). The van der Waals surface area contributed by atoms with Gasteiger partial charge in [-0.05, 0) is 30.2 Å². The molecule has 0 atom stereocenters. The predicted octanol–water partition coefficient (Wildman–Crippen LogP) is 2.65. The minimum Gasteiger partial charge on any atom is -0.490 e. The van der Waals surface area contributed by atoms with Crippen LogP contribution in [-0.2, 0) is 0 Å². The first-order chi connectivity index (χ1) is 7.26. The Morgan fingerprint density at radius 1 is 1.40 bits per heavy atom. The zero-order valence-corrected chi connectivity index (χ0v) is 8.94. The van der Waals surface area contributed by atoms with Crippen molar-refractivity contribution in [1.29, 1.82) is 0 Å². The minimum atomic E-state index is 0.0920. The lowest BCUT2D eigenvalue weighted by atomic mass is 10.1. The van der Waals surface area contributed by atoms with Gasteiger partial charge in [-0.25, -0.2) is 0 Å². The molecule has 1 aromatic rings. The van der Waals surface area contributed by atoms with E-state index in [2.05, 4.69) is 6.58 Å². The van der Waals surface area contributed by atoms with E-state index in [0.717, 1.165) is 16.9 Å². The molecule has 0 fully saturated rings. The maximum absolute atomic E-state index is 8.86. The van der Waals surface area contributed by atoms with Crippen LogP contribution in [-0.4, -0.2) is 18.3 Å². The molecule has 15 heavy (non-hydrogen) atoms. The zero-order valence-electron chi connectivity index (χ0n) is 8.94. The number of hydrogen-bond acceptors (Lipinski definition) is 2. The SMILES string of the molecule is C=CCOc1ccc(C=C(C)CO)cc1. The molecule has 0 spiro atoms. The van der Waals surface area contributed by atoms with Crippen LogP contribution in [0.2, 0.25) is 0 Å². The summed E-state index contributed by atoms with van der Waals surface area (Å²) < 4.78 is 5.35. The summed E-state index contributed by atoms with van der Waals surface area (Å²) in [7, 11) is 0. The van der Waals surface area contributed by atoms with Crippen molar-refractivity contribution in [2.24, 2.45) is 0 Å². The van der Waals surface area contributed by atoms with Gasteiger partial charge in [0.1, 0.15) is 12.4 Å². The van der Waals surface area contributed by atoms with Crippen LogP contribution in [0.5, 0.6) is 5.75 Å². The summed E-state index contributed by atoms with van der Waals surface area (Å²) in [5.41, 5.74) is 2.00. The summed E-state index contributed by atoms with van der Waals surface area (Å²) in [6.07, 6.45) is 3.65. The highest BCUT2D eigenvalue weighted by molar-refractivity contribution is 5.53. The van der Waals surface area contributed by atoms with Gasteiger partial charge in [0.2, 0.25) is 0 Å². The Hall–Kier alpha value is -1.54.